The number of hydrogen-bond acceptors (Lipinski definition) is 4. The summed E-state index contributed by atoms with van der Waals surface area (Å²) >= 11 is 0. The van der Waals surface area contributed by atoms with Gasteiger partial charge in [-0.05, 0) is 43.3 Å². The summed E-state index contributed by atoms with van der Waals surface area (Å²) in [4.78, 5) is 16.0. The van der Waals surface area contributed by atoms with Gasteiger partial charge >= 0.3 is 6.18 Å². The maximum Gasteiger partial charge on any atom is 0.416 e. The first-order valence-electron chi connectivity index (χ1n) is 8.12. The van der Waals surface area contributed by atoms with Crippen LogP contribution in [0.4, 0.5) is 24.8 Å². The molecule has 0 aliphatic carbocycles. The lowest BCUT2D eigenvalue weighted by Crippen LogP contribution is -2.05. The van der Waals surface area contributed by atoms with E-state index in [1.807, 2.05) is 19.1 Å². The number of pyridine rings is 1. The minimum absolute atomic E-state index is 0.212. The van der Waals surface area contributed by atoms with Crippen molar-refractivity contribution in [2.24, 2.45) is 0 Å². The van der Waals surface area contributed by atoms with E-state index < -0.39 is 11.7 Å². The van der Waals surface area contributed by atoms with Crippen LogP contribution in [0, 0.1) is 6.92 Å². The molecule has 0 radical (unpaired) electrons. The van der Waals surface area contributed by atoms with E-state index in [1.54, 1.807) is 18.5 Å². The second kappa shape index (κ2) is 6.39. The first-order chi connectivity index (χ1) is 12.9. The molecule has 0 amide bonds. The van der Waals surface area contributed by atoms with Crippen LogP contribution in [0.15, 0.2) is 54.9 Å². The van der Waals surface area contributed by atoms with Crippen LogP contribution >= 0.6 is 0 Å². The van der Waals surface area contributed by atoms with Gasteiger partial charge in [0.25, 0.3) is 0 Å². The number of rotatable bonds is 3. The van der Waals surface area contributed by atoms with Gasteiger partial charge in [-0.25, -0.2) is 15.0 Å². The summed E-state index contributed by atoms with van der Waals surface area (Å²) in [5, 5.41) is 3.75. The third-order valence-corrected chi connectivity index (χ3v) is 4.04. The number of aromatic nitrogens is 4. The predicted molar refractivity (Wildman–Crippen MR) is 96.6 cm³/mol. The Bertz CT molecular complexity index is 1120. The summed E-state index contributed by atoms with van der Waals surface area (Å²) in [6, 6.07) is 10.5. The Morgan fingerprint density at radius 1 is 1.00 bits per heavy atom. The Morgan fingerprint density at radius 3 is 2.63 bits per heavy atom. The number of halogens is 3. The Labute approximate surface area is 152 Å². The van der Waals surface area contributed by atoms with Crippen LogP contribution in [-0.2, 0) is 6.18 Å². The van der Waals surface area contributed by atoms with Gasteiger partial charge < -0.3 is 10.3 Å². The first-order valence-corrected chi connectivity index (χ1v) is 8.12. The lowest BCUT2D eigenvalue weighted by Gasteiger charge is -2.10. The fraction of sp³-hybridized carbons (Fsp3) is 0.105. The van der Waals surface area contributed by atoms with Gasteiger partial charge in [0.1, 0.15) is 5.65 Å². The SMILES string of the molecule is Cc1cc2c(-c3ccnc(Nc4cccc(C(F)(F)F)c4)n3)ccnc2[nH]1. The van der Waals surface area contributed by atoms with Crippen molar-refractivity contribution in [1.29, 1.82) is 0 Å². The van der Waals surface area contributed by atoms with E-state index in [-0.39, 0.29) is 11.6 Å². The fourth-order valence-corrected chi connectivity index (χ4v) is 2.85. The highest BCUT2D eigenvalue weighted by Crippen LogP contribution is 2.31. The number of aromatic amines is 1. The summed E-state index contributed by atoms with van der Waals surface area (Å²) in [6.07, 6.45) is -1.17. The van der Waals surface area contributed by atoms with Crippen LogP contribution in [0.3, 0.4) is 0 Å². The second-order valence-corrected chi connectivity index (χ2v) is 6.04. The first kappa shape index (κ1) is 17.0. The summed E-state index contributed by atoms with van der Waals surface area (Å²) in [5.41, 5.74) is 2.75. The topological polar surface area (TPSA) is 66.5 Å². The molecule has 8 heteroatoms. The molecule has 136 valence electrons. The van der Waals surface area contributed by atoms with Crippen molar-refractivity contribution in [3.05, 3.63) is 66.1 Å². The number of nitrogens with one attached hydrogen (secondary N) is 2. The van der Waals surface area contributed by atoms with Gasteiger partial charge in [-0.3, -0.25) is 0 Å². The van der Waals surface area contributed by atoms with Gasteiger partial charge in [-0.2, -0.15) is 13.2 Å². The van der Waals surface area contributed by atoms with Crippen molar-refractivity contribution in [1.82, 2.24) is 19.9 Å². The number of benzene rings is 1. The van der Waals surface area contributed by atoms with Crippen LogP contribution in [0.2, 0.25) is 0 Å². The Balaban J connectivity index is 1.69. The van der Waals surface area contributed by atoms with Gasteiger partial charge in [0.2, 0.25) is 5.95 Å². The van der Waals surface area contributed by atoms with Gasteiger partial charge in [-0.1, -0.05) is 6.07 Å². The third-order valence-electron chi connectivity index (χ3n) is 4.04. The number of nitrogens with zero attached hydrogens (tertiary/aromatic N) is 3. The Kier molecular flexibility index (Phi) is 4.02. The lowest BCUT2D eigenvalue weighted by molar-refractivity contribution is -0.137. The van der Waals surface area contributed by atoms with Gasteiger partial charge in [-0.15, -0.1) is 0 Å². The predicted octanol–water partition coefficient (Wildman–Crippen LogP) is 5.09. The molecule has 3 aromatic heterocycles. The highest BCUT2D eigenvalue weighted by molar-refractivity contribution is 5.92. The lowest BCUT2D eigenvalue weighted by atomic mass is 10.1. The fourth-order valence-electron chi connectivity index (χ4n) is 2.85. The van der Waals surface area contributed by atoms with Crippen molar-refractivity contribution in [3.63, 3.8) is 0 Å². The molecular weight excluding hydrogens is 355 g/mol. The largest absolute Gasteiger partial charge is 0.416 e. The van der Waals surface area contributed by atoms with Crippen molar-refractivity contribution in [3.8, 4) is 11.3 Å². The van der Waals surface area contributed by atoms with Crippen LogP contribution in [0.1, 0.15) is 11.3 Å². The standard InChI is InChI=1S/C19H14F3N5/c1-11-9-15-14(5-7-23-17(15)25-11)16-6-8-24-18(27-16)26-13-4-2-3-12(10-13)19(20,21)22/h2-10H,1H3,(H,23,25)(H,24,26,27). The number of hydrogen-bond donors (Lipinski definition) is 2. The van der Waals surface area contributed by atoms with Crippen molar-refractivity contribution in [2.75, 3.05) is 5.32 Å². The quantitative estimate of drug-likeness (QED) is 0.528. The average Bonchev–Trinajstić information content (AvgIpc) is 3.01. The minimum atomic E-state index is -4.41. The zero-order valence-electron chi connectivity index (χ0n) is 14.2. The smallest absolute Gasteiger partial charge is 0.344 e. The highest BCUT2D eigenvalue weighted by Gasteiger charge is 2.30. The molecule has 4 aromatic rings. The van der Waals surface area contributed by atoms with Crippen LogP contribution in [-0.4, -0.2) is 19.9 Å². The molecule has 4 rings (SSSR count). The Morgan fingerprint density at radius 2 is 1.81 bits per heavy atom. The summed E-state index contributed by atoms with van der Waals surface area (Å²) < 4.78 is 38.6. The van der Waals surface area contributed by atoms with E-state index in [0.717, 1.165) is 34.4 Å². The molecule has 0 aliphatic heterocycles. The number of anilines is 2. The maximum atomic E-state index is 12.9. The molecule has 2 N–H and O–H groups in total. The summed E-state index contributed by atoms with van der Waals surface area (Å²) in [5.74, 6) is 0.212. The molecule has 1 aromatic carbocycles. The van der Waals surface area contributed by atoms with Gasteiger partial charge in [0, 0.05) is 34.7 Å². The van der Waals surface area contributed by atoms with Crippen LogP contribution in [0.5, 0.6) is 0 Å². The zero-order valence-corrected chi connectivity index (χ0v) is 14.2. The maximum absolute atomic E-state index is 12.9. The molecule has 3 heterocycles. The van der Waals surface area contributed by atoms with E-state index in [2.05, 4.69) is 25.3 Å². The summed E-state index contributed by atoms with van der Waals surface area (Å²) in [6.45, 7) is 1.94. The number of alkyl halides is 3. The van der Waals surface area contributed by atoms with E-state index in [4.69, 9.17) is 0 Å². The van der Waals surface area contributed by atoms with Crippen LogP contribution in [0.25, 0.3) is 22.3 Å². The summed E-state index contributed by atoms with van der Waals surface area (Å²) in [7, 11) is 0. The molecular formula is C19H14F3N5. The van der Waals surface area contributed by atoms with E-state index in [9.17, 15) is 13.2 Å². The Hall–Kier alpha value is -3.42. The minimum Gasteiger partial charge on any atom is -0.344 e. The molecule has 0 fully saturated rings. The van der Waals surface area contributed by atoms with Crippen LogP contribution < -0.4 is 5.32 Å². The van der Waals surface area contributed by atoms with Gasteiger partial charge in [0.15, 0.2) is 0 Å². The molecule has 0 bridgehead atoms. The molecule has 0 saturated heterocycles. The molecule has 5 nitrogen and oxygen atoms in total. The molecule has 0 saturated carbocycles. The highest BCUT2D eigenvalue weighted by atomic mass is 19.4. The molecule has 0 unspecified atom stereocenters. The normalized spacial score (nSPS) is 11.7. The number of H-pyrrole nitrogens is 1. The molecule has 0 spiro atoms. The molecule has 0 aliphatic rings. The number of aryl methyl sites for hydroxylation is 1. The van der Waals surface area contributed by atoms with E-state index in [0.29, 0.717) is 5.69 Å². The second-order valence-electron chi connectivity index (χ2n) is 6.04. The monoisotopic (exact) mass is 369 g/mol. The van der Waals surface area contributed by atoms with E-state index >= 15 is 0 Å². The van der Waals surface area contributed by atoms with E-state index in [1.165, 1.54) is 12.1 Å². The van der Waals surface area contributed by atoms with Crippen molar-refractivity contribution < 1.29 is 13.2 Å². The molecule has 0 atom stereocenters. The average molecular weight is 369 g/mol. The van der Waals surface area contributed by atoms with Gasteiger partial charge in [0.05, 0.1) is 11.3 Å². The zero-order chi connectivity index (χ0) is 19.0. The molecule has 27 heavy (non-hydrogen) atoms. The third kappa shape index (κ3) is 3.46. The van der Waals surface area contributed by atoms with Crippen molar-refractivity contribution in [2.45, 2.75) is 13.1 Å². The number of fused-ring (bicyclic) bond motifs is 1. The van der Waals surface area contributed by atoms with Crippen molar-refractivity contribution >= 4 is 22.7 Å².